The van der Waals surface area contributed by atoms with Crippen LogP contribution in [0.15, 0.2) is 35.4 Å². The van der Waals surface area contributed by atoms with Gasteiger partial charge < -0.3 is 4.74 Å². The van der Waals surface area contributed by atoms with Crippen LogP contribution in [0.3, 0.4) is 0 Å². The summed E-state index contributed by atoms with van der Waals surface area (Å²) in [5.41, 5.74) is 0.357. The number of rotatable bonds is 3. The number of halogens is 2. The Bertz CT molecular complexity index is 762. The normalized spacial score (nSPS) is 11.4. The van der Waals surface area contributed by atoms with Crippen molar-refractivity contribution in [2.75, 3.05) is 13.4 Å². The van der Waals surface area contributed by atoms with Crippen LogP contribution in [-0.2, 0) is 9.84 Å². The van der Waals surface area contributed by atoms with E-state index in [-0.39, 0.29) is 21.2 Å². The first kappa shape index (κ1) is 14.7. The van der Waals surface area contributed by atoms with Gasteiger partial charge in [0.1, 0.15) is 11.6 Å². The second-order valence-electron chi connectivity index (χ2n) is 4.12. The molecule has 0 fully saturated rings. The van der Waals surface area contributed by atoms with Crippen LogP contribution in [0.4, 0.5) is 4.39 Å². The standard InChI is InChI=1S/C13H11ClFNO3S/c1-19-8-3-4-10(12(15)5-8)13-11(14)6-9(7-16-13)20(2,17)18/h3-7H,1-2H3. The van der Waals surface area contributed by atoms with E-state index in [4.69, 9.17) is 16.3 Å². The summed E-state index contributed by atoms with van der Waals surface area (Å²) in [5, 5.41) is 0.0667. The molecule has 20 heavy (non-hydrogen) atoms. The molecule has 0 radical (unpaired) electrons. The zero-order valence-electron chi connectivity index (χ0n) is 10.7. The lowest BCUT2D eigenvalue weighted by atomic mass is 10.1. The van der Waals surface area contributed by atoms with Gasteiger partial charge in [-0.15, -0.1) is 0 Å². The molecule has 0 aliphatic rings. The van der Waals surface area contributed by atoms with Gasteiger partial charge in [-0.2, -0.15) is 0 Å². The van der Waals surface area contributed by atoms with Crippen molar-refractivity contribution < 1.29 is 17.5 Å². The van der Waals surface area contributed by atoms with Crippen molar-refractivity contribution >= 4 is 21.4 Å². The number of hydrogen-bond donors (Lipinski definition) is 0. The minimum atomic E-state index is -3.41. The van der Waals surface area contributed by atoms with Gasteiger partial charge in [-0.3, -0.25) is 4.98 Å². The van der Waals surface area contributed by atoms with Crippen LogP contribution in [0.1, 0.15) is 0 Å². The minimum absolute atomic E-state index is 0.0137. The van der Waals surface area contributed by atoms with Crippen molar-refractivity contribution in [3.05, 3.63) is 41.3 Å². The Balaban J connectivity index is 2.54. The van der Waals surface area contributed by atoms with E-state index in [1.54, 1.807) is 6.07 Å². The predicted octanol–water partition coefficient (Wildman–Crippen LogP) is 2.95. The number of nitrogens with zero attached hydrogens (tertiary/aromatic N) is 1. The summed E-state index contributed by atoms with van der Waals surface area (Å²) in [5.74, 6) is -0.180. The van der Waals surface area contributed by atoms with E-state index in [1.165, 1.54) is 25.3 Å². The van der Waals surface area contributed by atoms with Crippen LogP contribution in [-0.4, -0.2) is 26.8 Å². The first-order valence-electron chi connectivity index (χ1n) is 5.52. The fraction of sp³-hybridized carbons (Fsp3) is 0.154. The van der Waals surface area contributed by atoms with Gasteiger partial charge in [0, 0.05) is 24.1 Å². The maximum atomic E-state index is 13.9. The van der Waals surface area contributed by atoms with E-state index in [2.05, 4.69) is 4.98 Å². The van der Waals surface area contributed by atoms with Gasteiger partial charge in [0.2, 0.25) is 0 Å². The zero-order valence-corrected chi connectivity index (χ0v) is 12.3. The summed E-state index contributed by atoms with van der Waals surface area (Å²) in [6, 6.07) is 5.50. The van der Waals surface area contributed by atoms with Gasteiger partial charge in [-0.1, -0.05) is 11.6 Å². The highest BCUT2D eigenvalue weighted by Gasteiger charge is 2.15. The van der Waals surface area contributed by atoms with Crippen molar-refractivity contribution in [2.45, 2.75) is 4.90 Å². The lowest BCUT2D eigenvalue weighted by Gasteiger charge is -2.08. The third-order valence-corrected chi connectivity index (χ3v) is 4.04. The molecule has 0 saturated carbocycles. The van der Waals surface area contributed by atoms with Gasteiger partial charge in [0.15, 0.2) is 9.84 Å². The molecular weight excluding hydrogens is 305 g/mol. The van der Waals surface area contributed by atoms with Crippen molar-refractivity contribution in [1.29, 1.82) is 0 Å². The zero-order chi connectivity index (χ0) is 14.9. The highest BCUT2D eigenvalue weighted by molar-refractivity contribution is 7.90. The van der Waals surface area contributed by atoms with Crippen LogP contribution in [0, 0.1) is 5.82 Å². The lowest BCUT2D eigenvalue weighted by molar-refractivity contribution is 0.411. The molecule has 0 aliphatic heterocycles. The molecule has 0 spiro atoms. The van der Waals surface area contributed by atoms with E-state index in [1.807, 2.05) is 0 Å². The number of sulfone groups is 1. The topological polar surface area (TPSA) is 56.3 Å². The van der Waals surface area contributed by atoms with E-state index in [0.717, 1.165) is 12.5 Å². The second-order valence-corrected chi connectivity index (χ2v) is 6.54. The Morgan fingerprint density at radius 3 is 2.50 bits per heavy atom. The molecule has 106 valence electrons. The molecule has 0 amide bonds. The molecule has 4 nitrogen and oxygen atoms in total. The van der Waals surface area contributed by atoms with Gasteiger partial charge >= 0.3 is 0 Å². The molecule has 0 bridgehead atoms. The van der Waals surface area contributed by atoms with Crippen LogP contribution in [0.25, 0.3) is 11.3 Å². The van der Waals surface area contributed by atoms with E-state index in [9.17, 15) is 12.8 Å². The summed E-state index contributed by atoms with van der Waals surface area (Å²) in [6.07, 6.45) is 2.20. The highest BCUT2D eigenvalue weighted by Crippen LogP contribution is 2.31. The fourth-order valence-corrected chi connectivity index (χ4v) is 2.55. The Morgan fingerprint density at radius 1 is 1.30 bits per heavy atom. The van der Waals surface area contributed by atoms with Gasteiger partial charge in [-0.25, -0.2) is 12.8 Å². The number of aromatic nitrogens is 1. The number of benzene rings is 1. The maximum absolute atomic E-state index is 13.9. The van der Waals surface area contributed by atoms with Gasteiger partial charge in [0.25, 0.3) is 0 Å². The summed E-state index contributed by atoms with van der Waals surface area (Å²) < 4.78 is 41.6. The number of ether oxygens (including phenoxy) is 1. The molecule has 2 rings (SSSR count). The molecule has 0 unspecified atom stereocenters. The molecule has 7 heteroatoms. The molecule has 2 aromatic rings. The summed E-state index contributed by atoms with van der Waals surface area (Å²) in [4.78, 5) is 3.93. The molecule has 1 aromatic heterocycles. The fourth-order valence-electron chi connectivity index (χ4n) is 1.64. The van der Waals surface area contributed by atoms with Crippen LogP contribution < -0.4 is 4.74 Å². The minimum Gasteiger partial charge on any atom is -0.497 e. The smallest absolute Gasteiger partial charge is 0.177 e. The predicted molar refractivity (Wildman–Crippen MR) is 74.3 cm³/mol. The molecule has 0 saturated heterocycles. The van der Waals surface area contributed by atoms with Crippen LogP contribution in [0.2, 0.25) is 5.02 Å². The number of methoxy groups -OCH3 is 1. The quantitative estimate of drug-likeness (QED) is 0.874. The van der Waals surface area contributed by atoms with Crippen LogP contribution in [0.5, 0.6) is 5.75 Å². The largest absolute Gasteiger partial charge is 0.497 e. The third-order valence-electron chi connectivity index (χ3n) is 2.68. The second kappa shape index (κ2) is 5.38. The van der Waals surface area contributed by atoms with Crippen molar-refractivity contribution in [1.82, 2.24) is 4.98 Å². The lowest BCUT2D eigenvalue weighted by Crippen LogP contribution is -1.99. The molecule has 1 aromatic carbocycles. The van der Waals surface area contributed by atoms with Crippen LogP contribution >= 0.6 is 11.6 Å². The summed E-state index contributed by atoms with van der Waals surface area (Å²) >= 11 is 5.99. The number of hydrogen-bond acceptors (Lipinski definition) is 4. The van der Waals surface area contributed by atoms with Crippen molar-refractivity contribution in [3.8, 4) is 17.0 Å². The average Bonchev–Trinajstić information content (AvgIpc) is 2.38. The first-order chi connectivity index (χ1) is 9.32. The molecule has 1 heterocycles. The molecule has 0 atom stereocenters. The molecular formula is C13H11ClFNO3S. The average molecular weight is 316 g/mol. The van der Waals surface area contributed by atoms with Gasteiger partial charge in [0.05, 0.1) is 22.7 Å². The molecule has 0 aliphatic carbocycles. The van der Waals surface area contributed by atoms with Crippen molar-refractivity contribution in [2.24, 2.45) is 0 Å². The Kier molecular flexibility index (Phi) is 3.96. The van der Waals surface area contributed by atoms with E-state index in [0.29, 0.717) is 5.75 Å². The SMILES string of the molecule is COc1ccc(-c2ncc(S(C)(=O)=O)cc2Cl)c(F)c1. The third kappa shape index (κ3) is 2.91. The summed E-state index contributed by atoms with van der Waals surface area (Å²) in [7, 11) is -1.97. The number of pyridine rings is 1. The monoisotopic (exact) mass is 315 g/mol. The Hall–Kier alpha value is -1.66. The van der Waals surface area contributed by atoms with Gasteiger partial charge in [-0.05, 0) is 18.2 Å². The summed E-state index contributed by atoms with van der Waals surface area (Å²) in [6.45, 7) is 0. The molecule has 0 N–H and O–H groups in total. The van der Waals surface area contributed by atoms with Crippen molar-refractivity contribution in [3.63, 3.8) is 0 Å². The van der Waals surface area contributed by atoms with E-state index >= 15 is 0 Å². The maximum Gasteiger partial charge on any atom is 0.177 e. The van der Waals surface area contributed by atoms with E-state index < -0.39 is 15.7 Å². The Morgan fingerprint density at radius 2 is 2.00 bits per heavy atom. The Labute approximate surface area is 121 Å². The highest BCUT2D eigenvalue weighted by atomic mass is 35.5. The first-order valence-corrected chi connectivity index (χ1v) is 7.79.